The van der Waals surface area contributed by atoms with Crippen molar-refractivity contribution in [3.8, 4) is 0 Å². The van der Waals surface area contributed by atoms with Crippen LogP contribution in [-0.4, -0.2) is 56.6 Å². The van der Waals surface area contributed by atoms with E-state index >= 15 is 0 Å². The van der Waals surface area contributed by atoms with Crippen LogP contribution in [-0.2, 0) is 19.7 Å². The van der Waals surface area contributed by atoms with Gasteiger partial charge in [-0.1, -0.05) is 0 Å². The van der Waals surface area contributed by atoms with Crippen LogP contribution < -0.4 is 4.72 Å². The van der Waals surface area contributed by atoms with Gasteiger partial charge in [0.25, 0.3) is 10.2 Å². The van der Waals surface area contributed by atoms with Crippen LogP contribution in [0, 0.1) is 0 Å². The van der Waals surface area contributed by atoms with E-state index in [1.807, 2.05) is 0 Å². The number of carboxylic acid groups (broad SMARTS) is 1. The monoisotopic (exact) mass is 266 g/mol. The number of nitrogens with one attached hydrogen (secondary N) is 1. The minimum atomic E-state index is -3.59. The normalized spacial score (nSPS) is 16.4. The van der Waals surface area contributed by atoms with E-state index < -0.39 is 16.2 Å². The zero-order valence-corrected chi connectivity index (χ0v) is 10.6. The minimum Gasteiger partial charge on any atom is -0.481 e. The molecule has 2 N–H and O–H groups in total. The molecule has 0 spiro atoms. The van der Waals surface area contributed by atoms with Gasteiger partial charge in [-0.05, 0) is 12.8 Å². The molecule has 8 heteroatoms. The summed E-state index contributed by atoms with van der Waals surface area (Å²) in [5, 5.41) is 8.58. The van der Waals surface area contributed by atoms with Crippen LogP contribution >= 0.6 is 0 Å². The first-order valence-corrected chi connectivity index (χ1v) is 6.88. The van der Waals surface area contributed by atoms with E-state index in [2.05, 4.69) is 4.72 Å². The van der Waals surface area contributed by atoms with Crippen molar-refractivity contribution in [1.82, 2.24) is 9.03 Å². The Morgan fingerprint density at radius 3 is 2.65 bits per heavy atom. The molecule has 100 valence electrons. The molecule has 1 aliphatic carbocycles. The molecule has 1 saturated carbocycles. The number of carbonyl (C=O) groups is 1. The molecular weight excluding hydrogens is 248 g/mol. The molecule has 0 amide bonds. The molecule has 0 radical (unpaired) electrons. The summed E-state index contributed by atoms with van der Waals surface area (Å²) in [4.78, 5) is 10.5. The maximum absolute atomic E-state index is 11.9. The predicted molar refractivity (Wildman–Crippen MR) is 60.8 cm³/mol. The largest absolute Gasteiger partial charge is 0.481 e. The maximum Gasteiger partial charge on any atom is 0.304 e. The van der Waals surface area contributed by atoms with E-state index in [1.54, 1.807) is 0 Å². The van der Waals surface area contributed by atoms with Gasteiger partial charge in [0, 0.05) is 26.2 Å². The van der Waals surface area contributed by atoms with Gasteiger partial charge in [0.05, 0.1) is 13.0 Å². The third-order valence-electron chi connectivity index (χ3n) is 2.40. The van der Waals surface area contributed by atoms with Gasteiger partial charge < -0.3 is 9.84 Å². The lowest BCUT2D eigenvalue weighted by molar-refractivity contribution is -0.137. The van der Waals surface area contributed by atoms with Crippen LogP contribution in [0.3, 0.4) is 0 Å². The lowest BCUT2D eigenvalue weighted by Crippen LogP contribution is -2.44. The number of aliphatic carboxylic acids is 1. The van der Waals surface area contributed by atoms with Crippen LogP contribution in [0.1, 0.15) is 19.3 Å². The van der Waals surface area contributed by atoms with Crippen molar-refractivity contribution in [1.29, 1.82) is 0 Å². The molecule has 0 unspecified atom stereocenters. The Balaban J connectivity index is 2.52. The van der Waals surface area contributed by atoms with Gasteiger partial charge in [-0.15, -0.1) is 0 Å². The SMILES string of the molecule is COCCNS(=O)(=O)N(CCC(=O)O)C1CC1. The zero-order chi connectivity index (χ0) is 12.9. The van der Waals surface area contributed by atoms with Crippen molar-refractivity contribution in [3.63, 3.8) is 0 Å². The van der Waals surface area contributed by atoms with E-state index in [0.717, 1.165) is 12.8 Å². The quantitative estimate of drug-likeness (QED) is 0.544. The van der Waals surface area contributed by atoms with Gasteiger partial charge in [0.2, 0.25) is 0 Å². The molecule has 0 aliphatic heterocycles. The number of ether oxygens (including phenoxy) is 1. The van der Waals surface area contributed by atoms with Crippen molar-refractivity contribution in [3.05, 3.63) is 0 Å². The standard InChI is InChI=1S/C9H18N2O5S/c1-16-7-5-10-17(14,15)11(8-2-3-8)6-4-9(12)13/h8,10H,2-7H2,1H3,(H,12,13). The number of nitrogens with zero attached hydrogens (tertiary/aromatic N) is 1. The zero-order valence-electron chi connectivity index (χ0n) is 9.76. The second-order valence-corrected chi connectivity index (χ2v) is 5.59. The predicted octanol–water partition coefficient (Wildman–Crippen LogP) is -0.594. The Morgan fingerprint density at radius 1 is 1.53 bits per heavy atom. The minimum absolute atomic E-state index is 0.0162. The van der Waals surface area contributed by atoms with Crippen LogP contribution in [0.5, 0.6) is 0 Å². The van der Waals surface area contributed by atoms with Gasteiger partial charge in [-0.2, -0.15) is 17.4 Å². The number of methoxy groups -OCH3 is 1. The van der Waals surface area contributed by atoms with Gasteiger partial charge in [-0.25, -0.2) is 0 Å². The average molecular weight is 266 g/mol. The number of carboxylic acids is 1. The Hall–Kier alpha value is -0.700. The highest BCUT2D eigenvalue weighted by atomic mass is 32.2. The molecule has 17 heavy (non-hydrogen) atoms. The molecular formula is C9H18N2O5S. The van der Waals surface area contributed by atoms with Crippen molar-refractivity contribution in [2.45, 2.75) is 25.3 Å². The Kier molecular flexibility index (Phi) is 5.31. The first-order chi connectivity index (χ1) is 7.97. The van der Waals surface area contributed by atoms with Crippen molar-refractivity contribution >= 4 is 16.2 Å². The highest BCUT2D eigenvalue weighted by Crippen LogP contribution is 2.28. The summed E-state index contributed by atoms with van der Waals surface area (Å²) < 4.78 is 32.1. The van der Waals surface area contributed by atoms with Gasteiger partial charge in [0.1, 0.15) is 0 Å². The molecule has 0 atom stereocenters. The summed E-state index contributed by atoms with van der Waals surface area (Å²) in [6, 6.07) is -0.0469. The van der Waals surface area contributed by atoms with Crippen molar-refractivity contribution in [2.24, 2.45) is 0 Å². The van der Waals surface area contributed by atoms with Gasteiger partial charge in [0.15, 0.2) is 0 Å². The Labute approximate surface area is 101 Å². The molecule has 0 aromatic heterocycles. The van der Waals surface area contributed by atoms with Crippen LogP contribution in [0.2, 0.25) is 0 Å². The molecule has 7 nitrogen and oxygen atoms in total. The highest BCUT2D eigenvalue weighted by Gasteiger charge is 2.36. The van der Waals surface area contributed by atoms with E-state index in [0.29, 0.717) is 0 Å². The van der Waals surface area contributed by atoms with E-state index in [4.69, 9.17) is 9.84 Å². The summed E-state index contributed by atoms with van der Waals surface area (Å²) in [5.74, 6) is -0.997. The molecule has 1 aliphatic rings. The summed E-state index contributed by atoms with van der Waals surface area (Å²) in [5.41, 5.74) is 0. The second-order valence-electron chi connectivity index (χ2n) is 3.88. The fraction of sp³-hybridized carbons (Fsp3) is 0.889. The fourth-order valence-electron chi connectivity index (χ4n) is 1.42. The Bertz CT molecular complexity index is 352. The lowest BCUT2D eigenvalue weighted by atomic mass is 10.4. The van der Waals surface area contributed by atoms with Crippen molar-refractivity contribution < 1.29 is 23.1 Å². The summed E-state index contributed by atoms with van der Waals surface area (Å²) >= 11 is 0. The van der Waals surface area contributed by atoms with E-state index in [1.165, 1.54) is 11.4 Å². The number of hydrogen-bond acceptors (Lipinski definition) is 4. The number of rotatable bonds is 9. The Morgan fingerprint density at radius 2 is 2.18 bits per heavy atom. The molecule has 0 bridgehead atoms. The van der Waals surface area contributed by atoms with Gasteiger partial charge >= 0.3 is 5.97 Å². The smallest absolute Gasteiger partial charge is 0.304 e. The summed E-state index contributed by atoms with van der Waals surface area (Å²) in [7, 11) is -2.10. The summed E-state index contributed by atoms with van der Waals surface area (Å²) in [6.07, 6.45) is 1.41. The first-order valence-electron chi connectivity index (χ1n) is 5.44. The maximum atomic E-state index is 11.9. The first kappa shape index (κ1) is 14.4. The van der Waals surface area contributed by atoms with Crippen LogP contribution in [0.15, 0.2) is 0 Å². The highest BCUT2D eigenvalue weighted by molar-refractivity contribution is 7.87. The van der Waals surface area contributed by atoms with E-state index in [-0.39, 0.29) is 32.2 Å². The summed E-state index contributed by atoms with van der Waals surface area (Å²) in [6.45, 7) is 0.494. The average Bonchev–Trinajstić information content (AvgIpc) is 3.01. The molecule has 1 fully saturated rings. The molecule has 0 saturated heterocycles. The molecule has 0 aromatic rings. The molecule has 0 heterocycles. The lowest BCUT2D eigenvalue weighted by Gasteiger charge is -2.21. The van der Waals surface area contributed by atoms with Crippen LogP contribution in [0.4, 0.5) is 0 Å². The van der Waals surface area contributed by atoms with E-state index in [9.17, 15) is 13.2 Å². The second kappa shape index (κ2) is 6.29. The van der Waals surface area contributed by atoms with Crippen LogP contribution in [0.25, 0.3) is 0 Å². The van der Waals surface area contributed by atoms with Gasteiger partial charge in [-0.3, -0.25) is 4.79 Å². The topological polar surface area (TPSA) is 95.9 Å². The molecule has 0 aromatic carbocycles. The molecule has 1 rings (SSSR count). The van der Waals surface area contributed by atoms with Crippen molar-refractivity contribution in [2.75, 3.05) is 26.8 Å². The third kappa shape index (κ3) is 4.99. The fourth-order valence-corrected chi connectivity index (χ4v) is 2.87. The number of hydrogen-bond donors (Lipinski definition) is 2. The third-order valence-corrected chi connectivity index (χ3v) is 4.07.